The molecule has 1 aromatic carbocycles. The Kier molecular flexibility index (Phi) is 4.36. The largest absolute Gasteiger partial charge is 0.343 e. The Morgan fingerprint density at radius 2 is 1.96 bits per heavy atom. The molecule has 5 atom stereocenters. The quantitative estimate of drug-likeness (QED) is 0.797. The van der Waals surface area contributed by atoms with E-state index in [1.807, 2.05) is 30.3 Å². The van der Waals surface area contributed by atoms with Crippen LogP contribution in [0.1, 0.15) is 25.7 Å². The van der Waals surface area contributed by atoms with E-state index in [1.54, 1.807) is 13.8 Å². The summed E-state index contributed by atoms with van der Waals surface area (Å²) < 4.78 is 56.9. The summed E-state index contributed by atoms with van der Waals surface area (Å²) in [6, 6.07) is 9.49. The van der Waals surface area contributed by atoms with Crippen molar-refractivity contribution in [2.75, 3.05) is 13.2 Å². The summed E-state index contributed by atoms with van der Waals surface area (Å²) in [5.41, 5.74) is 0.867. The van der Waals surface area contributed by atoms with E-state index in [-0.39, 0.29) is 12.7 Å². The fraction of sp³-hybridized carbons (Fsp3) is 0.625. The summed E-state index contributed by atoms with van der Waals surface area (Å²) in [4.78, 5) is 0. The van der Waals surface area contributed by atoms with Gasteiger partial charge in [0.25, 0.3) is 0 Å². The molecule has 26 heavy (non-hydrogen) atoms. The van der Waals surface area contributed by atoms with E-state index >= 15 is 0 Å². The summed E-state index contributed by atoms with van der Waals surface area (Å²) in [7, 11) is -4.17. The van der Waals surface area contributed by atoms with Crippen LogP contribution in [0.15, 0.2) is 30.3 Å². The predicted molar refractivity (Wildman–Crippen MR) is 86.7 cm³/mol. The zero-order chi connectivity index (χ0) is 18.6. The molecule has 1 aromatic rings. The fourth-order valence-electron chi connectivity index (χ4n) is 3.53. The van der Waals surface area contributed by atoms with E-state index in [2.05, 4.69) is 0 Å². The lowest BCUT2D eigenvalue weighted by Crippen LogP contribution is -2.60. The van der Waals surface area contributed by atoms with Gasteiger partial charge in [-0.25, -0.2) is 5.14 Å². The van der Waals surface area contributed by atoms with Gasteiger partial charge in [0.05, 0.1) is 6.61 Å². The first-order valence-corrected chi connectivity index (χ1v) is 9.70. The van der Waals surface area contributed by atoms with Crippen molar-refractivity contribution < 1.29 is 36.3 Å². The van der Waals surface area contributed by atoms with Crippen LogP contribution in [0.2, 0.25) is 0 Å². The Balaban J connectivity index is 1.58. The van der Waals surface area contributed by atoms with Crippen LogP contribution >= 0.6 is 0 Å². The van der Waals surface area contributed by atoms with E-state index < -0.39 is 47.0 Å². The number of hydrogen-bond acceptors (Lipinski definition) is 8. The van der Waals surface area contributed by atoms with Crippen molar-refractivity contribution in [3.05, 3.63) is 35.9 Å². The molecule has 0 spiro atoms. The summed E-state index contributed by atoms with van der Waals surface area (Å²) in [5.74, 6) is -2.47. The van der Waals surface area contributed by atoms with Crippen molar-refractivity contribution in [3.63, 3.8) is 0 Å². The van der Waals surface area contributed by atoms with Crippen LogP contribution in [0.25, 0.3) is 0 Å². The van der Waals surface area contributed by atoms with Gasteiger partial charge in [0.15, 0.2) is 12.1 Å². The number of ether oxygens (including phenoxy) is 5. The highest BCUT2D eigenvalue weighted by Gasteiger charge is 2.65. The first-order chi connectivity index (χ1) is 12.2. The Morgan fingerprint density at radius 1 is 1.23 bits per heavy atom. The van der Waals surface area contributed by atoms with Gasteiger partial charge in [0.2, 0.25) is 5.79 Å². The summed E-state index contributed by atoms with van der Waals surface area (Å²) in [6.07, 6.45) is -2.21. The van der Waals surface area contributed by atoms with Gasteiger partial charge in [0.1, 0.15) is 24.9 Å². The Morgan fingerprint density at radius 3 is 2.65 bits per heavy atom. The standard InChI is InChI=1S/C16H21NO8S/c1-15(2)24-13-12-11(22-14(23-12)10-6-4-3-5-7-10)8-20-16(13,25-15)9-21-26(17,18)19/h3-7,11-14H,8-9H2,1-2H3,(H2,17,18,19)/t11-,12-,13+,14?,16+/m1/s1. The normalized spacial score (nSPS) is 38.7. The molecule has 10 heteroatoms. The molecule has 0 amide bonds. The van der Waals surface area contributed by atoms with E-state index in [0.717, 1.165) is 5.56 Å². The van der Waals surface area contributed by atoms with Gasteiger partial charge in [0, 0.05) is 5.56 Å². The molecule has 0 aromatic heterocycles. The minimum Gasteiger partial charge on any atom is -0.343 e. The SMILES string of the molecule is CC1(C)O[C@H]2[C@@H]3OC(c4ccccc4)O[C@@H]3CO[C@@]2(COS(N)(=O)=O)O1. The maximum absolute atomic E-state index is 11.2. The van der Waals surface area contributed by atoms with E-state index in [4.69, 9.17) is 33.0 Å². The maximum Gasteiger partial charge on any atom is 0.333 e. The molecule has 1 unspecified atom stereocenters. The molecule has 0 aliphatic carbocycles. The summed E-state index contributed by atoms with van der Waals surface area (Å²) in [6.45, 7) is 3.10. The first kappa shape index (κ1) is 18.3. The molecule has 3 fully saturated rings. The molecule has 3 saturated heterocycles. The molecule has 3 heterocycles. The lowest BCUT2D eigenvalue weighted by Gasteiger charge is -2.40. The third-order valence-corrected chi connectivity index (χ3v) is 4.94. The zero-order valence-electron chi connectivity index (χ0n) is 14.4. The smallest absolute Gasteiger partial charge is 0.333 e. The molecule has 0 radical (unpaired) electrons. The van der Waals surface area contributed by atoms with Crippen LogP contribution in [0.5, 0.6) is 0 Å². The topological polar surface area (TPSA) is 116 Å². The average Bonchev–Trinajstić information content (AvgIpc) is 3.11. The van der Waals surface area contributed by atoms with Crippen molar-refractivity contribution in [3.8, 4) is 0 Å². The molecule has 3 aliphatic heterocycles. The second kappa shape index (κ2) is 6.21. The minimum atomic E-state index is -4.17. The van der Waals surface area contributed by atoms with Gasteiger partial charge < -0.3 is 23.7 Å². The van der Waals surface area contributed by atoms with E-state index in [0.29, 0.717) is 0 Å². The lowest BCUT2D eigenvalue weighted by atomic mass is 9.98. The van der Waals surface area contributed by atoms with Crippen LogP contribution in [0, 0.1) is 0 Å². The number of hydrogen-bond donors (Lipinski definition) is 1. The van der Waals surface area contributed by atoms with Crippen LogP contribution in [-0.4, -0.2) is 51.5 Å². The van der Waals surface area contributed by atoms with E-state index in [1.165, 1.54) is 0 Å². The van der Waals surface area contributed by atoms with Gasteiger partial charge in [-0.05, 0) is 13.8 Å². The lowest BCUT2D eigenvalue weighted by molar-refractivity contribution is -0.290. The Hall–Kier alpha value is -1.11. The minimum absolute atomic E-state index is 0.137. The van der Waals surface area contributed by atoms with Crippen molar-refractivity contribution >= 4 is 10.3 Å². The van der Waals surface area contributed by atoms with Crippen molar-refractivity contribution in [2.45, 2.75) is 50.0 Å². The third kappa shape index (κ3) is 3.39. The molecule has 0 saturated carbocycles. The molecular weight excluding hydrogens is 366 g/mol. The molecular formula is C16H21NO8S. The first-order valence-electron chi connectivity index (χ1n) is 8.22. The van der Waals surface area contributed by atoms with Gasteiger partial charge in [-0.1, -0.05) is 30.3 Å². The Bertz CT molecular complexity index is 770. The molecule has 9 nitrogen and oxygen atoms in total. The van der Waals surface area contributed by atoms with Crippen molar-refractivity contribution in [1.82, 2.24) is 0 Å². The van der Waals surface area contributed by atoms with Crippen molar-refractivity contribution in [2.24, 2.45) is 5.14 Å². The predicted octanol–water partition coefficient (Wildman–Crippen LogP) is 0.567. The molecule has 2 N–H and O–H groups in total. The molecule has 4 rings (SSSR count). The van der Waals surface area contributed by atoms with E-state index in [9.17, 15) is 8.42 Å². The highest BCUT2D eigenvalue weighted by atomic mass is 32.2. The monoisotopic (exact) mass is 387 g/mol. The highest BCUT2D eigenvalue weighted by molar-refractivity contribution is 7.84. The van der Waals surface area contributed by atoms with Gasteiger partial charge in [-0.15, -0.1) is 0 Å². The van der Waals surface area contributed by atoms with Gasteiger partial charge in [-0.2, -0.15) is 8.42 Å². The van der Waals surface area contributed by atoms with Crippen LogP contribution in [0.4, 0.5) is 0 Å². The second-order valence-electron chi connectivity index (χ2n) is 6.94. The third-order valence-electron chi connectivity index (χ3n) is 4.49. The Labute approximate surface area is 151 Å². The maximum atomic E-state index is 11.2. The number of nitrogens with two attached hydrogens (primary N) is 1. The molecule has 0 bridgehead atoms. The summed E-state index contributed by atoms with van der Waals surface area (Å²) >= 11 is 0. The van der Waals surface area contributed by atoms with Crippen LogP contribution in [-0.2, 0) is 38.2 Å². The number of fused-ring (bicyclic) bond motifs is 3. The molecule has 3 aliphatic rings. The summed E-state index contributed by atoms with van der Waals surface area (Å²) in [5, 5.41) is 4.95. The average molecular weight is 387 g/mol. The molecule has 144 valence electrons. The van der Waals surface area contributed by atoms with Crippen molar-refractivity contribution in [1.29, 1.82) is 0 Å². The highest BCUT2D eigenvalue weighted by Crippen LogP contribution is 2.48. The second-order valence-corrected chi connectivity index (χ2v) is 8.16. The van der Waals surface area contributed by atoms with Crippen LogP contribution in [0.3, 0.4) is 0 Å². The fourth-order valence-corrected chi connectivity index (χ4v) is 3.86. The number of benzene rings is 1. The van der Waals surface area contributed by atoms with Crippen LogP contribution < -0.4 is 5.14 Å². The van der Waals surface area contributed by atoms with Gasteiger partial charge in [-0.3, -0.25) is 4.18 Å². The van der Waals surface area contributed by atoms with Gasteiger partial charge >= 0.3 is 10.3 Å². The number of rotatable bonds is 4. The zero-order valence-corrected chi connectivity index (χ0v) is 15.2.